The number of benzene rings is 1. The predicted molar refractivity (Wildman–Crippen MR) is 91.9 cm³/mol. The smallest absolute Gasteiger partial charge is 0.230 e. The Hall–Kier alpha value is -0.750. The summed E-state index contributed by atoms with van der Waals surface area (Å²) in [6.07, 6.45) is 2.69. The maximum Gasteiger partial charge on any atom is 0.230 e. The number of hydrazine groups is 1. The lowest BCUT2D eigenvalue weighted by atomic mass is 9.95. The summed E-state index contributed by atoms with van der Waals surface area (Å²) in [7, 11) is 0. The van der Waals surface area contributed by atoms with Gasteiger partial charge in [0.05, 0.1) is 11.8 Å². The minimum Gasteiger partial charge on any atom is -0.355 e. The van der Waals surface area contributed by atoms with Crippen LogP contribution in [0.4, 0.5) is 0 Å². The van der Waals surface area contributed by atoms with Gasteiger partial charge < -0.3 is 5.32 Å². The molecule has 1 heterocycles. The van der Waals surface area contributed by atoms with Crippen molar-refractivity contribution in [1.29, 1.82) is 0 Å². The molecule has 2 aliphatic rings. The molecule has 1 aliphatic heterocycles. The first kappa shape index (κ1) is 16.1. The first-order valence-corrected chi connectivity index (χ1v) is 9.34. The average molecular weight is 340 g/mol. The zero-order chi connectivity index (χ0) is 15.4. The van der Waals surface area contributed by atoms with Gasteiger partial charge in [-0.2, -0.15) is 11.8 Å². The highest BCUT2D eigenvalue weighted by Gasteiger charge is 2.28. The van der Waals surface area contributed by atoms with Crippen LogP contribution in [0.2, 0.25) is 5.02 Å². The van der Waals surface area contributed by atoms with E-state index in [1.807, 2.05) is 24.3 Å². The number of rotatable bonds is 7. The fourth-order valence-electron chi connectivity index (χ4n) is 2.65. The van der Waals surface area contributed by atoms with Gasteiger partial charge in [0, 0.05) is 24.0 Å². The van der Waals surface area contributed by atoms with E-state index in [2.05, 4.69) is 16.2 Å². The van der Waals surface area contributed by atoms with Crippen LogP contribution in [0, 0.1) is 11.8 Å². The van der Waals surface area contributed by atoms with E-state index in [-0.39, 0.29) is 11.9 Å². The molecule has 2 fully saturated rings. The lowest BCUT2D eigenvalue weighted by Gasteiger charge is -2.19. The summed E-state index contributed by atoms with van der Waals surface area (Å²) in [4.78, 5) is 11.9. The molecule has 0 aromatic heterocycles. The largest absolute Gasteiger partial charge is 0.355 e. The number of nitrogens with one attached hydrogen (secondary N) is 3. The molecule has 1 saturated heterocycles. The first-order chi connectivity index (χ1) is 10.7. The molecule has 2 unspecified atom stereocenters. The van der Waals surface area contributed by atoms with Crippen LogP contribution >= 0.6 is 23.4 Å². The Morgan fingerprint density at radius 2 is 2.09 bits per heavy atom. The van der Waals surface area contributed by atoms with Gasteiger partial charge in [-0.1, -0.05) is 23.7 Å². The van der Waals surface area contributed by atoms with Gasteiger partial charge in [-0.25, -0.2) is 5.43 Å². The maximum atomic E-state index is 11.9. The molecule has 1 aromatic carbocycles. The number of hydrogen-bond donors (Lipinski definition) is 3. The van der Waals surface area contributed by atoms with E-state index in [1.165, 1.54) is 18.4 Å². The Morgan fingerprint density at radius 3 is 2.82 bits per heavy atom. The molecule has 0 spiro atoms. The van der Waals surface area contributed by atoms with E-state index < -0.39 is 0 Å². The van der Waals surface area contributed by atoms with Gasteiger partial charge in [0.15, 0.2) is 0 Å². The molecule has 1 aliphatic carbocycles. The summed E-state index contributed by atoms with van der Waals surface area (Å²) in [5.74, 6) is 3.07. The summed E-state index contributed by atoms with van der Waals surface area (Å²) >= 11 is 7.69. The van der Waals surface area contributed by atoms with Gasteiger partial charge in [0.2, 0.25) is 5.91 Å². The summed E-state index contributed by atoms with van der Waals surface area (Å²) in [6.45, 7) is 1.54. The second-order valence-electron chi connectivity index (χ2n) is 6.08. The van der Waals surface area contributed by atoms with E-state index in [1.54, 1.807) is 11.8 Å². The molecule has 2 atom stereocenters. The van der Waals surface area contributed by atoms with Crippen molar-refractivity contribution in [3.05, 3.63) is 34.9 Å². The topological polar surface area (TPSA) is 53.2 Å². The highest BCUT2D eigenvalue weighted by atomic mass is 35.5. The zero-order valence-corrected chi connectivity index (χ0v) is 14.1. The first-order valence-electron chi connectivity index (χ1n) is 7.80. The van der Waals surface area contributed by atoms with Crippen molar-refractivity contribution >= 4 is 29.3 Å². The van der Waals surface area contributed by atoms with Gasteiger partial charge in [0.25, 0.3) is 0 Å². The Balaban J connectivity index is 1.44. The maximum absolute atomic E-state index is 11.9. The van der Waals surface area contributed by atoms with Gasteiger partial charge in [-0.05, 0) is 42.2 Å². The molecule has 22 heavy (non-hydrogen) atoms. The van der Waals surface area contributed by atoms with E-state index in [4.69, 9.17) is 11.6 Å². The summed E-state index contributed by atoms with van der Waals surface area (Å²) in [5.41, 5.74) is 7.66. The van der Waals surface area contributed by atoms with E-state index in [0.717, 1.165) is 23.2 Å². The molecule has 6 heteroatoms. The van der Waals surface area contributed by atoms with Crippen LogP contribution in [0.15, 0.2) is 24.3 Å². The molecule has 3 rings (SSSR count). The molecular formula is C16H22ClN3OS. The van der Waals surface area contributed by atoms with Crippen molar-refractivity contribution in [2.45, 2.75) is 18.9 Å². The van der Waals surface area contributed by atoms with Crippen LogP contribution in [-0.4, -0.2) is 30.5 Å². The van der Waals surface area contributed by atoms with E-state index >= 15 is 0 Å². The van der Waals surface area contributed by atoms with Crippen LogP contribution in [-0.2, 0) is 4.79 Å². The molecule has 1 amide bonds. The molecule has 0 bridgehead atoms. The quantitative estimate of drug-likeness (QED) is 0.714. The van der Waals surface area contributed by atoms with Gasteiger partial charge in [0.1, 0.15) is 0 Å². The molecule has 3 N–H and O–H groups in total. The summed E-state index contributed by atoms with van der Waals surface area (Å²) in [6, 6.07) is 8.08. The van der Waals surface area contributed by atoms with Crippen molar-refractivity contribution in [3.63, 3.8) is 0 Å². The fourth-order valence-corrected chi connectivity index (χ4v) is 3.85. The second kappa shape index (κ2) is 7.68. The second-order valence-corrected chi connectivity index (χ2v) is 7.54. The molecular weight excluding hydrogens is 318 g/mol. The molecule has 1 saturated carbocycles. The SMILES string of the molecule is O=C(CSCC1CC1)NCC1CNNC1c1ccc(Cl)cc1. The summed E-state index contributed by atoms with van der Waals surface area (Å²) in [5, 5.41) is 3.81. The minimum atomic E-state index is 0.146. The summed E-state index contributed by atoms with van der Waals surface area (Å²) < 4.78 is 0. The monoisotopic (exact) mass is 339 g/mol. The highest BCUT2D eigenvalue weighted by Crippen LogP contribution is 2.32. The van der Waals surface area contributed by atoms with E-state index in [0.29, 0.717) is 18.2 Å². The number of thioether (sulfide) groups is 1. The average Bonchev–Trinajstić information content (AvgIpc) is 3.22. The predicted octanol–water partition coefficient (Wildman–Crippen LogP) is 2.36. The molecule has 1 aromatic rings. The molecule has 120 valence electrons. The van der Waals surface area contributed by atoms with Crippen LogP contribution in [0.3, 0.4) is 0 Å². The number of halogens is 1. The van der Waals surface area contributed by atoms with Crippen molar-refractivity contribution in [3.8, 4) is 0 Å². The third-order valence-electron chi connectivity index (χ3n) is 4.17. The van der Waals surface area contributed by atoms with Crippen molar-refractivity contribution < 1.29 is 4.79 Å². The van der Waals surface area contributed by atoms with Crippen LogP contribution < -0.4 is 16.2 Å². The minimum absolute atomic E-state index is 0.146. The number of carbonyl (C=O) groups excluding carboxylic acids is 1. The Labute approximate surface area is 140 Å². The lowest BCUT2D eigenvalue weighted by Crippen LogP contribution is -2.33. The standard InChI is InChI=1S/C16H22ClN3OS/c17-14-5-3-12(4-6-14)16-13(8-19-20-16)7-18-15(21)10-22-9-11-1-2-11/h3-6,11,13,16,19-20H,1-2,7-10H2,(H,18,21). The van der Waals surface area contributed by atoms with Gasteiger partial charge >= 0.3 is 0 Å². The number of carbonyl (C=O) groups is 1. The highest BCUT2D eigenvalue weighted by molar-refractivity contribution is 7.99. The zero-order valence-electron chi connectivity index (χ0n) is 12.5. The Kier molecular flexibility index (Phi) is 5.63. The van der Waals surface area contributed by atoms with Gasteiger partial charge in [-0.3, -0.25) is 10.2 Å². The normalized spacial score (nSPS) is 24.4. The fraction of sp³-hybridized carbons (Fsp3) is 0.562. The van der Waals surface area contributed by atoms with Crippen LogP contribution in [0.25, 0.3) is 0 Å². The molecule has 4 nitrogen and oxygen atoms in total. The van der Waals surface area contributed by atoms with Crippen molar-refractivity contribution in [2.75, 3.05) is 24.6 Å². The van der Waals surface area contributed by atoms with E-state index in [9.17, 15) is 4.79 Å². The van der Waals surface area contributed by atoms with Crippen LogP contribution in [0.5, 0.6) is 0 Å². The van der Waals surface area contributed by atoms with Crippen molar-refractivity contribution in [1.82, 2.24) is 16.2 Å². The molecule has 0 radical (unpaired) electrons. The van der Waals surface area contributed by atoms with Gasteiger partial charge in [-0.15, -0.1) is 0 Å². The number of amides is 1. The van der Waals surface area contributed by atoms with Crippen molar-refractivity contribution in [2.24, 2.45) is 11.8 Å². The third kappa shape index (κ3) is 4.62. The third-order valence-corrected chi connectivity index (χ3v) is 5.59. The van der Waals surface area contributed by atoms with Crippen LogP contribution in [0.1, 0.15) is 24.4 Å². The Morgan fingerprint density at radius 1 is 1.32 bits per heavy atom. The number of hydrogen-bond acceptors (Lipinski definition) is 4. The Bertz CT molecular complexity index is 507. The lowest BCUT2D eigenvalue weighted by molar-refractivity contribution is -0.118.